The second-order valence-corrected chi connectivity index (χ2v) is 16.3. The molecule has 2 aromatic heterocycles. The van der Waals surface area contributed by atoms with Gasteiger partial charge in [0.05, 0.1) is 18.6 Å². The maximum absolute atomic E-state index is 13.6. The van der Waals surface area contributed by atoms with Gasteiger partial charge in [0.25, 0.3) is 0 Å². The molecule has 4 aliphatic rings. The van der Waals surface area contributed by atoms with Gasteiger partial charge in [-0.3, -0.25) is 9.59 Å². The molecule has 300 valence electrons. The minimum absolute atomic E-state index is 0.00294. The van der Waals surface area contributed by atoms with Gasteiger partial charge in [-0.15, -0.1) is 6.58 Å². The van der Waals surface area contributed by atoms with Gasteiger partial charge in [-0.25, -0.2) is 0 Å². The minimum Gasteiger partial charge on any atom is -0.468 e. The maximum Gasteiger partial charge on any atom is 0.316 e. The molecule has 5 N–H and O–H groups in total. The zero-order chi connectivity index (χ0) is 40.4. The predicted molar refractivity (Wildman–Crippen MR) is 224 cm³/mol. The van der Waals surface area contributed by atoms with Gasteiger partial charge in [-0.1, -0.05) is 58.6 Å². The number of methoxy groups -OCH3 is 1. The number of H-pyrrole nitrogens is 2. The SMILES string of the molecule is C=C[C@@H]1C(C)=C2/C=C3\NC(=C(CCC(=O)OC/C=C(/C)CCC[C@@H](C)CCC)[C@@H]3C)C3=c4[nH]/c(c(C)c4[C@@H](O)[C@@H]3C(=O)OC)=C\c3[nH]c(c(C)c3CC)/C=C/1N2. The van der Waals surface area contributed by atoms with E-state index in [-0.39, 0.29) is 30.8 Å². The number of rotatable bonds is 14. The van der Waals surface area contributed by atoms with Crippen LogP contribution in [0, 0.1) is 37.5 Å². The molecule has 6 rings (SSSR count). The van der Waals surface area contributed by atoms with Crippen LogP contribution in [0.5, 0.6) is 0 Å². The van der Waals surface area contributed by atoms with Crippen LogP contribution in [0.4, 0.5) is 0 Å². The molecule has 0 radical (unpaired) electrons. The van der Waals surface area contributed by atoms with Gasteiger partial charge >= 0.3 is 11.9 Å². The molecule has 0 fully saturated rings. The standard InChI is InChI=1S/C47H62N4O5/c1-11-15-25(4)16-14-17-26(5)20-21-56-40(52)19-18-33-29(8)36-22-34-27(6)31(12-2)38(48-34)23-35-28(7)32(13-3)39(49-35)24-37-30(9)41-45(51-37)42(44(33)50-36)43(46(41)53)47(54)55-10/h12,20,22-25,29,31,43,46,48-51,53H,2,11,13-19,21H2,1,3-10H3/b26-20-,36-22-,37-24-,38-23-/t25-,29-,31+,43+,46+/m0/s1. The molecule has 0 saturated carbocycles. The van der Waals surface area contributed by atoms with Gasteiger partial charge in [0.2, 0.25) is 0 Å². The highest BCUT2D eigenvalue weighted by Crippen LogP contribution is 2.44. The average Bonchev–Trinajstić information content (AvgIpc) is 3.91. The van der Waals surface area contributed by atoms with Crippen LogP contribution in [0.2, 0.25) is 0 Å². The van der Waals surface area contributed by atoms with Crippen LogP contribution in [0.3, 0.4) is 0 Å². The fraction of sp³-hybridized carbons (Fsp3) is 0.489. The first-order valence-corrected chi connectivity index (χ1v) is 20.6. The smallest absolute Gasteiger partial charge is 0.316 e. The summed E-state index contributed by atoms with van der Waals surface area (Å²) in [6.45, 7) is 21.6. The number of esters is 2. The number of fused-ring (bicyclic) bond motifs is 8. The van der Waals surface area contributed by atoms with Crippen molar-refractivity contribution in [3.63, 3.8) is 0 Å². The van der Waals surface area contributed by atoms with Gasteiger partial charge < -0.3 is 35.2 Å². The quantitative estimate of drug-likeness (QED) is 0.0990. The molecule has 0 spiro atoms. The highest BCUT2D eigenvalue weighted by molar-refractivity contribution is 5.92. The second-order valence-electron chi connectivity index (χ2n) is 16.3. The molecule has 3 aliphatic heterocycles. The van der Waals surface area contributed by atoms with E-state index in [4.69, 9.17) is 9.47 Å². The van der Waals surface area contributed by atoms with Crippen molar-refractivity contribution in [1.29, 1.82) is 0 Å². The van der Waals surface area contributed by atoms with Crippen molar-refractivity contribution >= 4 is 29.7 Å². The van der Waals surface area contributed by atoms with Gasteiger partial charge in [-0.05, 0) is 111 Å². The van der Waals surface area contributed by atoms with E-state index in [0.717, 1.165) is 81.4 Å². The Hall–Kier alpha value is -4.76. The minimum atomic E-state index is -1.12. The first-order valence-electron chi connectivity index (χ1n) is 20.6. The average molecular weight is 763 g/mol. The Bertz CT molecular complexity index is 2190. The van der Waals surface area contributed by atoms with Crippen LogP contribution in [-0.4, -0.2) is 40.7 Å². The molecule has 0 unspecified atom stereocenters. The number of aromatic amines is 2. The van der Waals surface area contributed by atoms with Gasteiger partial charge in [0.15, 0.2) is 0 Å². The van der Waals surface area contributed by atoms with Crippen LogP contribution >= 0.6 is 0 Å². The van der Waals surface area contributed by atoms with Gasteiger partial charge in [0, 0.05) is 68.9 Å². The summed E-state index contributed by atoms with van der Waals surface area (Å²) in [5.41, 5.74) is 13.6. The van der Waals surface area contributed by atoms with E-state index >= 15 is 0 Å². The van der Waals surface area contributed by atoms with Crippen molar-refractivity contribution in [3.05, 3.63) is 109 Å². The number of aromatic nitrogens is 2. The summed E-state index contributed by atoms with van der Waals surface area (Å²) in [6, 6.07) is 0. The highest BCUT2D eigenvalue weighted by atomic mass is 16.5. The number of aliphatic hydroxyl groups is 1. The summed E-state index contributed by atoms with van der Waals surface area (Å²) in [5.74, 6) is -1.15. The van der Waals surface area contributed by atoms with Crippen LogP contribution < -0.4 is 21.3 Å². The Morgan fingerprint density at radius 3 is 2.46 bits per heavy atom. The summed E-state index contributed by atoms with van der Waals surface area (Å²) >= 11 is 0. The molecule has 0 saturated heterocycles. The predicted octanol–water partition coefficient (Wildman–Crippen LogP) is 7.63. The summed E-state index contributed by atoms with van der Waals surface area (Å²) in [6.07, 6.45) is 16.6. The number of nitrogens with one attached hydrogen (secondary N) is 4. The van der Waals surface area contributed by atoms with Gasteiger partial charge in [0.1, 0.15) is 12.5 Å². The van der Waals surface area contributed by atoms with E-state index in [1.807, 2.05) is 19.1 Å². The number of carbonyl (C=O) groups is 2. The van der Waals surface area contributed by atoms with Crippen molar-refractivity contribution in [2.24, 2.45) is 23.7 Å². The molecule has 1 aliphatic carbocycles. The summed E-state index contributed by atoms with van der Waals surface area (Å²) < 4.78 is 11.1. The fourth-order valence-electron chi connectivity index (χ4n) is 9.19. The molecule has 56 heavy (non-hydrogen) atoms. The van der Waals surface area contributed by atoms with Crippen molar-refractivity contribution in [2.75, 3.05) is 13.7 Å². The molecule has 5 heterocycles. The molecule has 9 heteroatoms. The molecule has 2 aromatic rings. The molecule has 0 amide bonds. The topological polar surface area (TPSA) is 128 Å². The largest absolute Gasteiger partial charge is 0.468 e. The van der Waals surface area contributed by atoms with E-state index in [1.165, 1.54) is 43.1 Å². The lowest BCUT2D eigenvalue weighted by Crippen LogP contribution is -2.27. The zero-order valence-corrected chi connectivity index (χ0v) is 34.9. The van der Waals surface area contributed by atoms with E-state index in [1.54, 1.807) is 0 Å². The van der Waals surface area contributed by atoms with Gasteiger partial charge in [-0.2, -0.15) is 0 Å². The summed E-state index contributed by atoms with van der Waals surface area (Å²) in [7, 11) is 1.36. The maximum atomic E-state index is 13.6. The second kappa shape index (κ2) is 17.2. The number of aliphatic hydroxyl groups excluding tert-OH is 1. The van der Waals surface area contributed by atoms with Crippen molar-refractivity contribution < 1.29 is 24.2 Å². The summed E-state index contributed by atoms with van der Waals surface area (Å²) in [5, 5.41) is 20.9. The van der Waals surface area contributed by atoms with Crippen LogP contribution in [0.1, 0.15) is 126 Å². The highest BCUT2D eigenvalue weighted by Gasteiger charge is 2.45. The van der Waals surface area contributed by atoms with Crippen molar-refractivity contribution in [2.45, 2.75) is 113 Å². The van der Waals surface area contributed by atoms with Crippen molar-refractivity contribution in [1.82, 2.24) is 20.6 Å². The van der Waals surface area contributed by atoms with E-state index in [9.17, 15) is 14.7 Å². The van der Waals surface area contributed by atoms with Crippen molar-refractivity contribution in [3.8, 4) is 0 Å². The van der Waals surface area contributed by atoms with E-state index in [0.29, 0.717) is 22.9 Å². The Morgan fingerprint density at radius 1 is 1.00 bits per heavy atom. The first-order chi connectivity index (χ1) is 26.8. The lowest BCUT2D eigenvalue weighted by molar-refractivity contribution is -0.146. The lowest BCUT2D eigenvalue weighted by Gasteiger charge is -2.20. The monoisotopic (exact) mass is 762 g/mol. The van der Waals surface area contributed by atoms with Crippen LogP contribution in [0.25, 0.3) is 17.7 Å². The lowest BCUT2D eigenvalue weighted by atomic mass is 9.89. The molecular weight excluding hydrogens is 701 g/mol. The van der Waals surface area contributed by atoms with Crippen LogP contribution in [0.15, 0.2) is 64.3 Å². The van der Waals surface area contributed by atoms with Crippen LogP contribution in [-0.2, 0) is 25.5 Å². The molecule has 5 atom stereocenters. The third-order valence-corrected chi connectivity index (χ3v) is 12.6. The molecule has 9 nitrogen and oxygen atoms in total. The number of ether oxygens (including phenoxy) is 2. The number of carbonyl (C=O) groups excluding carboxylic acids is 2. The Balaban J connectivity index is 1.42. The number of hydrogen-bond donors (Lipinski definition) is 5. The summed E-state index contributed by atoms with van der Waals surface area (Å²) in [4.78, 5) is 34.2. The third-order valence-electron chi connectivity index (χ3n) is 12.6. The Kier molecular flexibility index (Phi) is 12.5. The third kappa shape index (κ3) is 7.80. The number of allylic oxidation sites excluding steroid dienone is 5. The fourth-order valence-corrected chi connectivity index (χ4v) is 9.19. The van der Waals surface area contributed by atoms with E-state index < -0.39 is 18.0 Å². The zero-order valence-electron chi connectivity index (χ0n) is 34.9. The molecular formula is C47H62N4O5. The molecule has 0 aromatic carbocycles. The Labute approximate surface area is 332 Å². The Morgan fingerprint density at radius 2 is 1.77 bits per heavy atom. The first kappa shape index (κ1) is 40.9. The molecule has 8 bridgehead atoms. The number of hydrogen-bond acceptors (Lipinski definition) is 7. The normalized spacial score (nSPS) is 24.5. The van der Waals surface area contributed by atoms with E-state index in [2.05, 4.69) is 93.9 Å².